The van der Waals surface area contributed by atoms with Crippen LogP contribution in [-0.2, 0) is 19.1 Å². The molecule has 0 fully saturated rings. The molecule has 0 bridgehead atoms. The van der Waals surface area contributed by atoms with Gasteiger partial charge in [-0.15, -0.1) is 0 Å². The maximum atomic E-state index is 11.7. The molecule has 0 radical (unpaired) electrons. The van der Waals surface area contributed by atoms with Crippen molar-refractivity contribution in [2.45, 2.75) is 116 Å². The molecule has 0 saturated heterocycles. The van der Waals surface area contributed by atoms with Gasteiger partial charge in [-0.3, -0.25) is 9.59 Å². The smallest absolute Gasteiger partial charge is 0.305 e. The van der Waals surface area contributed by atoms with Gasteiger partial charge in [0.2, 0.25) is 0 Å². The van der Waals surface area contributed by atoms with Gasteiger partial charge in [0, 0.05) is 26.1 Å². The molecule has 0 heterocycles. The molecule has 0 saturated carbocycles. The Bertz CT molecular complexity index is 350. The van der Waals surface area contributed by atoms with Gasteiger partial charge in [0.15, 0.2) is 0 Å². The average Bonchev–Trinajstić information content (AvgIpc) is 2.74. The molecule has 0 rings (SSSR count). The third-order valence-corrected chi connectivity index (χ3v) is 5.14. The second-order valence-electron chi connectivity index (χ2n) is 8.05. The van der Waals surface area contributed by atoms with Gasteiger partial charge in [-0.1, -0.05) is 64.2 Å². The number of hydrogen-bond donors (Lipinski definition) is 2. The summed E-state index contributed by atoms with van der Waals surface area (Å²) in [5.41, 5.74) is 0. The molecule has 30 heavy (non-hydrogen) atoms. The summed E-state index contributed by atoms with van der Waals surface area (Å²) >= 11 is 0. The number of hydrogen-bond acceptors (Lipinski definition) is 6. The van der Waals surface area contributed by atoms with Crippen molar-refractivity contribution in [1.82, 2.24) is 0 Å². The SMILES string of the molecule is O=C(CCCCC(=O)OCCCCCCCCCO)OCCCCCCCCCO. The van der Waals surface area contributed by atoms with E-state index in [1.54, 1.807) is 0 Å². The van der Waals surface area contributed by atoms with Crippen LogP contribution in [0.2, 0.25) is 0 Å². The Morgan fingerprint density at radius 2 is 0.733 bits per heavy atom. The lowest BCUT2D eigenvalue weighted by atomic mass is 10.1. The first kappa shape index (κ1) is 28.9. The van der Waals surface area contributed by atoms with Crippen LogP contribution >= 0.6 is 0 Å². The van der Waals surface area contributed by atoms with Crippen LogP contribution in [0, 0.1) is 0 Å². The Morgan fingerprint density at radius 1 is 0.433 bits per heavy atom. The summed E-state index contributed by atoms with van der Waals surface area (Å²) in [6.45, 7) is 1.54. The highest BCUT2D eigenvalue weighted by Crippen LogP contribution is 2.09. The minimum atomic E-state index is -0.176. The van der Waals surface area contributed by atoms with Gasteiger partial charge < -0.3 is 19.7 Å². The fourth-order valence-corrected chi connectivity index (χ4v) is 3.25. The summed E-state index contributed by atoms with van der Waals surface area (Å²) in [6.07, 6.45) is 16.9. The topological polar surface area (TPSA) is 93.1 Å². The lowest BCUT2D eigenvalue weighted by Gasteiger charge is -2.06. The summed E-state index contributed by atoms with van der Waals surface area (Å²) in [7, 11) is 0. The van der Waals surface area contributed by atoms with E-state index >= 15 is 0 Å². The largest absolute Gasteiger partial charge is 0.466 e. The number of unbranched alkanes of at least 4 members (excludes halogenated alkanes) is 13. The molecular formula is C24H46O6. The van der Waals surface area contributed by atoms with Crippen LogP contribution < -0.4 is 0 Å². The van der Waals surface area contributed by atoms with E-state index < -0.39 is 0 Å². The van der Waals surface area contributed by atoms with E-state index in [0.717, 1.165) is 77.0 Å². The number of esters is 2. The first-order valence-electron chi connectivity index (χ1n) is 12.2. The van der Waals surface area contributed by atoms with E-state index in [2.05, 4.69) is 0 Å². The maximum Gasteiger partial charge on any atom is 0.305 e. The molecule has 0 aliphatic rings. The normalized spacial score (nSPS) is 10.9. The molecule has 0 aliphatic carbocycles. The molecule has 2 N–H and O–H groups in total. The van der Waals surface area contributed by atoms with Crippen molar-refractivity contribution >= 4 is 11.9 Å². The highest BCUT2D eigenvalue weighted by atomic mass is 16.5. The van der Waals surface area contributed by atoms with Crippen molar-refractivity contribution in [3.8, 4) is 0 Å². The highest BCUT2D eigenvalue weighted by Gasteiger charge is 2.06. The zero-order chi connectivity index (χ0) is 22.1. The molecular weight excluding hydrogens is 384 g/mol. The Morgan fingerprint density at radius 3 is 1.07 bits per heavy atom. The van der Waals surface area contributed by atoms with Gasteiger partial charge in [0.05, 0.1) is 13.2 Å². The van der Waals surface area contributed by atoms with Crippen LogP contribution in [-0.4, -0.2) is 48.6 Å². The van der Waals surface area contributed by atoms with Crippen molar-refractivity contribution in [2.24, 2.45) is 0 Å². The monoisotopic (exact) mass is 430 g/mol. The molecule has 0 atom stereocenters. The summed E-state index contributed by atoms with van der Waals surface area (Å²) in [5, 5.41) is 17.4. The molecule has 0 aromatic carbocycles. The van der Waals surface area contributed by atoms with Crippen molar-refractivity contribution < 1.29 is 29.3 Å². The number of ether oxygens (including phenoxy) is 2. The van der Waals surface area contributed by atoms with Crippen molar-refractivity contribution in [1.29, 1.82) is 0 Å². The van der Waals surface area contributed by atoms with E-state index in [9.17, 15) is 9.59 Å². The van der Waals surface area contributed by atoms with Gasteiger partial charge in [-0.2, -0.15) is 0 Å². The van der Waals surface area contributed by atoms with Gasteiger partial charge >= 0.3 is 11.9 Å². The summed E-state index contributed by atoms with van der Waals surface area (Å²) in [4.78, 5) is 23.4. The maximum absolute atomic E-state index is 11.7. The second kappa shape index (κ2) is 24.1. The van der Waals surface area contributed by atoms with Crippen LogP contribution in [0.25, 0.3) is 0 Å². The van der Waals surface area contributed by atoms with Crippen LogP contribution in [0.5, 0.6) is 0 Å². The van der Waals surface area contributed by atoms with Crippen molar-refractivity contribution in [3.05, 3.63) is 0 Å². The fourth-order valence-electron chi connectivity index (χ4n) is 3.25. The molecule has 0 aromatic heterocycles. The Balaban J connectivity index is 3.29. The van der Waals surface area contributed by atoms with Gasteiger partial charge in [0.1, 0.15) is 0 Å². The zero-order valence-electron chi connectivity index (χ0n) is 19.1. The van der Waals surface area contributed by atoms with Crippen LogP contribution in [0.3, 0.4) is 0 Å². The summed E-state index contributed by atoms with van der Waals surface area (Å²) < 4.78 is 10.5. The van der Waals surface area contributed by atoms with E-state index in [1.807, 2.05) is 0 Å². The molecule has 178 valence electrons. The third-order valence-electron chi connectivity index (χ3n) is 5.14. The van der Waals surface area contributed by atoms with Crippen LogP contribution in [0.1, 0.15) is 116 Å². The number of carbonyl (C=O) groups is 2. The number of rotatable bonds is 23. The lowest BCUT2D eigenvalue weighted by Crippen LogP contribution is -2.08. The predicted octanol–water partition coefficient (Wildman–Crippen LogP) is 5.08. The minimum Gasteiger partial charge on any atom is -0.466 e. The number of aliphatic hydroxyl groups excluding tert-OH is 2. The van der Waals surface area contributed by atoms with Crippen LogP contribution in [0.15, 0.2) is 0 Å². The first-order chi connectivity index (χ1) is 14.7. The summed E-state index contributed by atoms with van der Waals surface area (Å²) in [5.74, 6) is -0.351. The Hall–Kier alpha value is -1.14. The minimum absolute atomic E-state index is 0.176. The van der Waals surface area contributed by atoms with Crippen molar-refractivity contribution in [3.63, 3.8) is 0 Å². The molecule has 0 aliphatic heterocycles. The predicted molar refractivity (Wildman–Crippen MR) is 119 cm³/mol. The second-order valence-corrected chi connectivity index (χ2v) is 8.05. The highest BCUT2D eigenvalue weighted by molar-refractivity contribution is 5.70. The Kier molecular flexibility index (Phi) is 23.2. The fraction of sp³-hybridized carbons (Fsp3) is 0.917. The lowest BCUT2D eigenvalue weighted by molar-refractivity contribution is -0.146. The molecule has 6 heteroatoms. The zero-order valence-corrected chi connectivity index (χ0v) is 19.1. The standard InChI is InChI=1S/C24H46O6/c25-19-13-7-3-1-5-9-15-21-29-23(27)17-11-12-18-24(28)30-22-16-10-6-2-4-8-14-20-26/h25-26H,1-22H2. The van der Waals surface area contributed by atoms with E-state index in [4.69, 9.17) is 19.7 Å². The van der Waals surface area contributed by atoms with Gasteiger partial charge in [0.25, 0.3) is 0 Å². The van der Waals surface area contributed by atoms with E-state index in [-0.39, 0.29) is 25.2 Å². The molecule has 0 aromatic rings. The van der Waals surface area contributed by atoms with Crippen molar-refractivity contribution in [2.75, 3.05) is 26.4 Å². The average molecular weight is 431 g/mol. The number of carbonyl (C=O) groups excluding carboxylic acids is 2. The third kappa shape index (κ3) is 23.1. The first-order valence-corrected chi connectivity index (χ1v) is 12.2. The number of aliphatic hydroxyl groups is 2. The molecule has 0 spiro atoms. The van der Waals surface area contributed by atoms with E-state index in [0.29, 0.717) is 38.9 Å². The van der Waals surface area contributed by atoms with E-state index in [1.165, 1.54) is 12.8 Å². The van der Waals surface area contributed by atoms with Gasteiger partial charge in [-0.25, -0.2) is 0 Å². The van der Waals surface area contributed by atoms with Crippen LogP contribution in [0.4, 0.5) is 0 Å². The molecule has 0 unspecified atom stereocenters. The molecule has 6 nitrogen and oxygen atoms in total. The van der Waals surface area contributed by atoms with Gasteiger partial charge in [-0.05, 0) is 38.5 Å². The summed E-state index contributed by atoms with van der Waals surface area (Å²) in [6, 6.07) is 0. The molecule has 0 amide bonds. The quantitative estimate of drug-likeness (QED) is 0.173. The Labute approximate surface area is 183 Å².